The van der Waals surface area contributed by atoms with Crippen molar-refractivity contribution < 1.29 is 23.4 Å². The highest BCUT2D eigenvalue weighted by atomic mass is 19.3. The number of halogens is 2. The van der Waals surface area contributed by atoms with Crippen LogP contribution in [0.25, 0.3) is 10.8 Å². The molecule has 39 heavy (non-hydrogen) atoms. The van der Waals surface area contributed by atoms with Crippen LogP contribution in [0.4, 0.5) is 14.6 Å². The third-order valence-electron chi connectivity index (χ3n) is 8.75. The second kappa shape index (κ2) is 9.31. The highest BCUT2D eigenvalue weighted by Gasteiger charge is 2.70. The Hall–Kier alpha value is -3.49. The fourth-order valence-electron chi connectivity index (χ4n) is 6.23. The minimum atomic E-state index is -2.73. The smallest absolute Gasteiger partial charge is 0.318 e. The fraction of sp³-hybridized carbons (Fsp3) is 0.500. The van der Waals surface area contributed by atoms with Crippen molar-refractivity contribution in [2.75, 3.05) is 24.6 Å². The molecule has 3 aliphatic rings. The van der Waals surface area contributed by atoms with Gasteiger partial charge in [-0.15, -0.1) is 0 Å². The number of aryl methyl sites for hydroxylation is 1. The van der Waals surface area contributed by atoms with Crippen LogP contribution < -0.4 is 9.64 Å². The molecule has 206 valence electrons. The van der Waals surface area contributed by atoms with E-state index in [-0.39, 0.29) is 37.2 Å². The lowest BCUT2D eigenvalue weighted by molar-refractivity contribution is 0.0385. The second-order valence-corrected chi connectivity index (χ2v) is 11.6. The molecule has 1 saturated carbocycles. The van der Waals surface area contributed by atoms with Crippen LogP contribution in [0.1, 0.15) is 66.7 Å². The lowest BCUT2D eigenvalue weighted by Crippen LogP contribution is -2.36. The van der Waals surface area contributed by atoms with E-state index in [9.17, 15) is 18.7 Å². The van der Waals surface area contributed by atoms with E-state index in [1.165, 1.54) is 6.07 Å². The molecular weight excluding hydrogens is 502 g/mol. The highest BCUT2D eigenvalue weighted by Crippen LogP contribution is 2.62. The predicted molar refractivity (Wildman–Crippen MR) is 144 cm³/mol. The van der Waals surface area contributed by atoms with Gasteiger partial charge in [-0.2, -0.15) is 9.97 Å². The molecule has 1 amide bonds. The van der Waals surface area contributed by atoms with Crippen LogP contribution in [0.3, 0.4) is 0 Å². The van der Waals surface area contributed by atoms with Crippen molar-refractivity contribution in [3.63, 3.8) is 0 Å². The number of anilines is 1. The Balaban J connectivity index is 1.33. The van der Waals surface area contributed by atoms with Gasteiger partial charge in [0.25, 0.3) is 11.8 Å². The zero-order chi connectivity index (χ0) is 27.5. The van der Waals surface area contributed by atoms with Crippen LogP contribution in [0.5, 0.6) is 11.8 Å². The molecule has 2 atom stereocenters. The molecule has 3 heterocycles. The molecule has 1 saturated heterocycles. The van der Waals surface area contributed by atoms with Gasteiger partial charge < -0.3 is 19.6 Å². The number of fused-ring (bicyclic) bond motifs is 2. The van der Waals surface area contributed by atoms with Crippen LogP contribution in [-0.2, 0) is 13.1 Å². The second-order valence-electron chi connectivity index (χ2n) is 11.6. The minimum absolute atomic E-state index is 0.0355. The third kappa shape index (κ3) is 4.45. The number of rotatable bonds is 6. The number of alkyl halides is 2. The first-order valence-corrected chi connectivity index (χ1v) is 13.8. The molecule has 2 aliphatic heterocycles. The first-order valence-electron chi connectivity index (χ1n) is 13.8. The summed E-state index contributed by atoms with van der Waals surface area (Å²) in [5.74, 6) is -1.68. The van der Waals surface area contributed by atoms with E-state index in [0.717, 1.165) is 53.6 Å². The maximum atomic E-state index is 14.1. The summed E-state index contributed by atoms with van der Waals surface area (Å²) in [5, 5.41) is 12.0. The van der Waals surface area contributed by atoms with Gasteiger partial charge in [-0.3, -0.25) is 4.79 Å². The Morgan fingerprint density at radius 1 is 1.23 bits per heavy atom. The van der Waals surface area contributed by atoms with Crippen molar-refractivity contribution in [3.8, 4) is 11.8 Å². The number of benzene rings is 2. The first-order chi connectivity index (χ1) is 18.6. The maximum Gasteiger partial charge on any atom is 0.318 e. The van der Waals surface area contributed by atoms with Gasteiger partial charge in [-0.25, -0.2) is 8.78 Å². The van der Waals surface area contributed by atoms with Gasteiger partial charge in [-0.05, 0) is 60.6 Å². The summed E-state index contributed by atoms with van der Waals surface area (Å²) in [5.41, 5.74) is 1.77. The van der Waals surface area contributed by atoms with Crippen molar-refractivity contribution in [1.29, 1.82) is 0 Å². The summed E-state index contributed by atoms with van der Waals surface area (Å²) in [7, 11) is 0. The van der Waals surface area contributed by atoms with Gasteiger partial charge in [-0.1, -0.05) is 32.0 Å². The Kier molecular flexibility index (Phi) is 6.15. The Morgan fingerprint density at radius 2 is 2.03 bits per heavy atom. The number of carbonyl (C=O) groups excluding carboxylic acids is 1. The normalized spacial score (nSPS) is 23.7. The van der Waals surface area contributed by atoms with E-state index in [1.54, 1.807) is 17.9 Å². The minimum Gasteiger partial charge on any atom is -0.508 e. The zero-order valence-electron chi connectivity index (χ0n) is 22.6. The average Bonchev–Trinajstić information content (AvgIpc) is 3.22. The monoisotopic (exact) mass is 536 g/mol. The molecule has 6 rings (SSSR count). The standard InChI is InChI=1S/C30H34F2N4O3/c1-4-29(16-30(29,31)32)17-39-28-33-24-15-36(14-23(24)26(34-28)35-10-6-7-18(2)13-35)27(38)22-12-21(37)11-20-9-5-8-19(3)25(20)22/h5,8-9,11-12,18,37H,4,6-7,10,13-17H2,1-3H3/t18?,29-/m0/s1. The Labute approximate surface area is 226 Å². The highest BCUT2D eigenvalue weighted by molar-refractivity contribution is 6.09. The first kappa shape index (κ1) is 25.8. The van der Waals surface area contributed by atoms with Crippen molar-refractivity contribution in [1.82, 2.24) is 14.9 Å². The molecule has 1 aromatic heterocycles. The van der Waals surface area contributed by atoms with Crippen molar-refractivity contribution >= 4 is 22.5 Å². The Morgan fingerprint density at radius 3 is 2.74 bits per heavy atom. The molecule has 1 N–H and O–H groups in total. The number of phenols is 1. The fourth-order valence-corrected chi connectivity index (χ4v) is 6.23. The van der Waals surface area contributed by atoms with Crippen LogP contribution >= 0.6 is 0 Å². The van der Waals surface area contributed by atoms with Gasteiger partial charge in [0, 0.05) is 25.1 Å². The number of carbonyl (C=O) groups is 1. The number of aromatic nitrogens is 2. The summed E-state index contributed by atoms with van der Waals surface area (Å²) < 4.78 is 34.0. The van der Waals surface area contributed by atoms with Gasteiger partial charge in [0.05, 0.1) is 29.8 Å². The van der Waals surface area contributed by atoms with E-state index >= 15 is 0 Å². The van der Waals surface area contributed by atoms with Crippen LogP contribution in [-0.4, -0.2) is 51.5 Å². The lowest BCUT2D eigenvalue weighted by Gasteiger charge is -2.33. The third-order valence-corrected chi connectivity index (χ3v) is 8.75. The summed E-state index contributed by atoms with van der Waals surface area (Å²) in [6, 6.07) is 9.01. The van der Waals surface area contributed by atoms with E-state index in [2.05, 4.69) is 16.8 Å². The van der Waals surface area contributed by atoms with Crippen molar-refractivity contribution in [3.05, 3.63) is 52.7 Å². The predicted octanol–water partition coefficient (Wildman–Crippen LogP) is 5.85. The SMILES string of the molecule is CC[C@@]1(COc2nc3c(c(N4CCCC(C)C4)n2)CN(C(=O)c2cc(O)cc4cccc(C)c24)C3)CC1(F)F. The quantitative estimate of drug-likeness (QED) is 0.426. The number of nitrogens with zero attached hydrogens (tertiary/aromatic N) is 4. The summed E-state index contributed by atoms with van der Waals surface area (Å²) in [6.45, 7) is 8.00. The van der Waals surface area contributed by atoms with Crippen LogP contribution in [0, 0.1) is 18.3 Å². The van der Waals surface area contributed by atoms with E-state index in [1.807, 2.05) is 25.1 Å². The molecule has 7 nitrogen and oxygen atoms in total. The molecule has 0 radical (unpaired) electrons. The molecule has 9 heteroatoms. The molecule has 0 spiro atoms. The average molecular weight is 537 g/mol. The Bertz CT molecular complexity index is 1460. The molecule has 1 aliphatic carbocycles. The number of aromatic hydroxyl groups is 1. The number of hydrogen-bond donors (Lipinski definition) is 1. The molecule has 3 aromatic rings. The molecule has 2 fully saturated rings. The van der Waals surface area contributed by atoms with Crippen molar-refractivity contribution in [2.24, 2.45) is 11.3 Å². The molecule has 1 unspecified atom stereocenters. The van der Waals surface area contributed by atoms with Gasteiger partial charge in [0.15, 0.2) is 0 Å². The lowest BCUT2D eigenvalue weighted by atomic mass is 9.98. The maximum absolute atomic E-state index is 14.1. The van der Waals surface area contributed by atoms with Crippen molar-refractivity contribution in [2.45, 2.75) is 65.5 Å². The molecule has 0 bridgehead atoms. The topological polar surface area (TPSA) is 78.8 Å². The van der Waals surface area contributed by atoms with E-state index in [0.29, 0.717) is 30.1 Å². The summed E-state index contributed by atoms with van der Waals surface area (Å²) >= 11 is 0. The van der Waals surface area contributed by atoms with E-state index < -0.39 is 11.3 Å². The number of piperidine rings is 1. The molecule has 2 aromatic carbocycles. The van der Waals surface area contributed by atoms with Gasteiger partial charge in [0.1, 0.15) is 18.2 Å². The van der Waals surface area contributed by atoms with Crippen LogP contribution in [0.2, 0.25) is 0 Å². The van der Waals surface area contributed by atoms with Crippen LogP contribution in [0.15, 0.2) is 30.3 Å². The summed E-state index contributed by atoms with van der Waals surface area (Å²) in [4.78, 5) is 27.1. The number of phenolic OH excluding ortho intramolecular Hbond substituents is 1. The van der Waals surface area contributed by atoms with Gasteiger partial charge in [0.2, 0.25) is 0 Å². The number of hydrogen-bond acceptors (Lipinski definition) is 6. The number of ether oxygens (including phenoxy) is 1. The molecular formula is C30H34F2N4O3. The number of amides is 1. The summed E-state index contributed by atoms with van der Waals surface area (Å²) in [6.07, 6.45) is 2.30. The van der Waals surface area contributed by atoms with Gasteiger partial charge >= 0.3 is 6.01 Å². The largest absolute Gasteiger partial charge is 0.508 e. The van der Waals surface area contributed by atoms with E-state index in [4.69, 9.17) is 9.72 Å². The zero-order valence-corrected chi connectivity index (χ0v) is 22.6.